The van der Waals surface area contributed by atoms with Crippen molar-refractivity contribution in [2.45, 2.75) is 90.8 Å². The van der Waals surface area contributed by atoms with Crippen LogP contribution in [0.3, 0.4) is 0 Å². The number of nitrogens with one attached hydrogen (secondary N) is 1. The number of carbonyl (C=O) groups is 3. The van der Waals surface area contributed by atoms with E-state index in [4.69, 9.17) is 14.5 Å². The predicted octanol–water partition coefficient (Wildman–Crippen LogP) is 2.72. The second kappa shape index (κ2) is 7.57. The summed E-state index contributed by atoms with van der Waals surface area (Å²) in [5.41, 5.74) is 1.95. The number of rotatable bonds is 5. The number of hydrogen-bond acceptors (Lipinski definition) is 6. The van der Waals surface area contributed by atoms with E-state index in [1.807, 2.05) is 27.7 Å². The van der Waals surface area contributed by atoms with Crippen LogP contribution in [0.2, 0.25) is 0 Å². The molecule has 5 aliphatic rings. The summed E-state index contributed by atoms with van der Waals surface area (Å²) >= 11 is 0. The van der Waals surface area contributed by atoms with Gasteiger partial charge in [0.05, 0.1) is 0 Å². The molecule has 0 radical (unpaired) electrons. The molecule has 0 aromatic rings. The van der Waals surface area contributed by atoms with E-state index in [1.165, 1.54) is 5.01 Å². The molecular formula is C22H34N2O6. The Kier molecular flexibility index (Phi) is 5.48. The van der Waals surface area contributed by atoms with E-state index >= 15 is 0 Å². The van der Waals surface area contributed by atoms with Gasteiger partial charge in [0.1, 0.15) is 5.78 Å². The standard InChI is InChI=1S/C22H34N2O6/c1-12(2)17(25)8-9-18(26)23-24-19(27)14(4)16-7-6-13(3)15-10-11-21(5)28-20(24)22(15,16)30-29-21/h12-16,20H,6-11H2,1-5H3,(H,23,26). The maximum absolute atomic E-state index is 13.3. The molecule has 1 N–H and O–H groups in total. The van der Waals surface area contributed by atoms with Crippen molar-refractivity contribution in [3.63, 3.8) is 0 Å². The van der Waals surface area contributed by atoms with Crippen molar-refractivity contribution in [1.82, 2.24) is 10.4 Å². The number of hydrogen-bond donors (Lipinski definition) is 1. The molecule has 2 amide bonds. The topological polar surface area (TPSA) is 94.2 Å². The molecule has 4 saturated heterocycles. The Morgan fingerprint density at radius 3 is 2.57 bits per heavy atom. The first kappa shape index (κ1) is 21.7. The Bertz CT molecular complexity index is 741. The van der Waals surface area contributed by atoms with Gasteiger partial charge in [-0.1, -0.05) is 27.7 Å². The second-order valence-corrected chi connectivity index (χ2v) is 10.1. The number of Topliss-reactive ketones (excluding diaryl/α,β-unsaturated/α-hetero) is 1. The average molecular weight is 423 g/mol. The van der Waals surface area contributed by atoms with Gasteiger partial charge >= 0.3 is 0 Å². The van der Waals surface area contributed by atoms with Crippen molar-refractivity contribution in [2.24, 2.45) is 29.6 Å². The Labute approximate surface area is 177 Å². The molecule has 0 aromatic carbocycles. The van der Waals surface area contributed by atoms with Crippen molar-refractivity contribution in [3.05, 3.63) is 0 Å². The van der Waals surface area contributed by atoms with Crippen LogP contribution in [0.1, 0.15) is 73.1 Å². The van der Waals surface area contributed by atoms with Gasteiger partial charge in [-0.15, -0.1) is 0 Å². The highest BCUT2D eigenvalue weighted by molar-refractivity contribution is 5.88. The number of ether oxygens (including phenoxy) is 1. The van der Waals surface area contributed by atoms with Crippen molar-refractivity contribution < 1.29 is 28.9 Å². The smallest absolute Gasteiger partial charge is 0.246 e. The SMILES string of the molecule is CC(C)C(=O)CCC(=O)NN1C(=O)C(C)C2CCC(C)C3CCC4(C)OOC32C1O4. The molecule has 4 aliphatic heterocycles. The van der Waals surface area contributed by atoms with Gasteiger partial charge < -0.3 is 4.74 Å². The number of amides is 2. The fourth-order valence-electron chi connectivity index (χ4n) is 5.89. The average Bonchev–Trinajstić information content (AvgIpc) is 2.93. The molecule has 30 heavy (non-hydrogen) atoms. The van der Waals surface area contributed by atoms with Gasteiger partial charge in [0.25, 0.3) is 0 Å². The first-order chi connectivity index (χ1) is 14.1. The fourth-order valence-corrected chi connectivity index (χ4v) is 5.89. The summed E-state index contributed by atoms with van der Waals surface area (Å²) in [6, 6.07) is 0. The zero-order valence-corrected chi connectivity index (χ0v) is 18.6. The number of carbonyl (C=O) groups excluding carboxylic acids is 3. The number of hydrazine groups is 1. The number of nitrogens with zero attached hydrogens (tertiary/aromatic N) is 1. The first-order valence-electron chi connectivity index (χ1n) is 11.3. The minimum absolute atomic E-state index is 0.0253. The molecule has 0 aromatic heterocycles. The zero-order valence-electron chi connectivity index (χ0n) is 18.6. The maximum atomic E-state index is 13.3. The maximum Gasteiger partial charge on any atom is 0.246 e. The van der Waals surface area contributed by atoms with Crippen LogP contribution in [0.5, 0.6) is 0 Å². The molecule has 5 fully saturated rings. The molecule has 1 saturated carbocycles. The summed E-state index contributed by atoms with van der Waals surface area (Å²) in [5, 5.41) is 1.33. The van der Waals surface area contributed by atoms with Crippen LogP contribution in [0.15, 0.2) is 0 Å². The van der Waals surface area contributed by atoms with E-state index < -0.39 is 17.6 Å². The van der Waals surface area contributed by atoms with Crippen molar-refractivity contribution in [1.29, 1.82) is 0 Å². The van der Waals surface area contributed by atoms with E-state index in [0.29, 0.717) is 12.3 Å². The Morgan fingerprint density at radius 2 is 1.87 bits per heavy atom. The van der Waals surface area contributed by atoms with E-state index in [9.17, 15) is 14.4 Å². The summed E-state index contributed by atoms with van der Waals surface area (Å²) in [7, 11) is 0. The third-order valence-electron chi connectivity index (χ3n) is 7.75. The first-order valence-corrected chi connectivity index (χ1v) is 11.3. The molecule has 1 spiro atoms. The molecule has 8 nitrogen and oxygen atoms in total. The van der Waals surface area contributed by atoms with Gasteiger partial charge in [0, 0.05) is 37.0 Å². The molecule has 8 heteroatoms. The van der Waals surface area contributed by atoms with Gasteiger partial charge in [0.2, 0.25) is 17.6 Å². The quantitative estimate of drug-likeness (QED) is 0.685. The minimum atomic E-state index is -0.963. The molecule has 4 heterocycles. The van der Waals surface area contributed by atoms with Crippen LogP contribution in [0.4, 0.5) is 0 Å². The summed E-state index contributed by atoms with van der Waals surface area (Å²) in [6.07, 6.45) is 2.88. The zero-order chi connectivity index (χ0) is 21.8. The monoisotopic (exact) mass is 422 g/mol. The largest absolute Gasteiger partial charge is 0.319 e. The van der Waals surface area contributed by atoms with Crippen molar-refractivity contribution in [2.75, 3.05) is 0 Å². The van der Waals surface area contributed by atoms with Crippen molar-refractivity contribution in [3.8, 4) is 0 Å². The van der Waals surface area contributed by atoms with Crippen LogP contribution in [0.25, 0.3) is 0 Å². The summed E-state index contributed by atoms with van der Waals surface area (Å²) < 4.78 is 6.35. The van der Waals surface area contributed by atoms with E-state index in [0.717, 1.165) is 19.3 Å². The highest BCUT2D eigenvalue weighted by Crippen LogP contribution is 2.60. The van der Waals surface area contributed by atoms with Crippen molar-refractivity contribution >= 4 is 17.6 Å². The lowest BCUT2D eigenvalue weighted by Gasteiger charge is -2.61. The normalized spacial score (nSPS) is 42.7. The summed E-state index contributed by atoms with van der Waals surface area (Å²) in [4.78, 5) is 49.8. The number of piperidine rings is 1. The van der Waals surface area contributed by atoms with Gasteiger partial charge in [0.15, 0.2) is 11.8 Å². The Balaban J connectivity index is 1.63. The van der Waals surface area contributed by atoms with Crippen LogP contribution in [-0.2, 0) is 28.9 Å². The van der Waals surface area contributed by atoms with Crippen LogP contribution in [-0.4, -0.2) is 40.2 Å². The highest BCUT2D eigenvalue weighted by atomic mass is 17.3. The lowest BCUT2D eigenvalue weighted by molar-refractivity contribution is -0.549. The van der Waals surface area contributed by atoms with Gasteiger partial charge in [-0.05, 0) is 38.0 Å². The summed E-state index contributed by atoms with van der Waals surface area (Å²) in [5.74, 6) is -1.39. The molecule has 1 aliphatic carbocycles. The van der Waals surface area contributed by atoms with E-state index in [-0.39, 0.29) is 54.1 Å². The lowest BCUT2D eigenvalue weighted by Crippen LogP contribution is -2.77. The fraction of sp³-hybridized carbons (Fsp3) is 0.864. The minimum Gasteiger partial charge on any atom is -0.319 e. The Morgan fingerprint density at radius 1 is 1.13 bits per heavy atom. The molecule has 7 atom stereocenters. The second-order valence-electron chi connectivity index (χ2n) is 10.1. The van der Waals surface area contributed by atoms with Gasteiger partial charge in [-0.3, -0.25) is 19.8 Å². The van der Waals surface area contributed by atoms with Crippen LogP contribution >= 0.6 is 0 Å². The predicted molar refractivity (Wildman–Crippen MR) is 106 cm³/mol. The summed E-state index contributed by atoms with van der Waals surface area (Å²) in [6.45, 7) is 9.57. The Hall–Kier alpha value is -1.51. The third-order valence-corrected chi connectivity index (χ3v) is 7.75. The van der Waals surface area contributed by atoms with Gasteiger partial charge in [-0.2, -0.15) is 0 Å². The molecule has 2 bridgehead atoms. The number of fused-ring (bicyclic) bond motifs is 2. The van der Waals surface area contributed by atoms with Crippen LogP contribution < -0.4 is 5.43 Å². The van der Waals surface area contributed by atoms with Crippen LogP contribution in [0, 0.1) is 29.6 Å². The molecule has 7 unspecified atom stereocenters. The number of ketones is 1. The highest BCUT2D eigenvalue weighted by Gasteiger charge is 2.71. The van der Waals surface area contributed by atoms with Gasteiger partial charge in [-0.25, -0.2) is 14.8 Å². The molecule has 168 valence electrons. The van der Waals surface area contributed by atoms with E-state index in [2.05, 4.69) is 12.3 Å². The molecular weight excluding hydrogens is 388 g/mol. The molecule has 5 rings (SSSR count). The van der Waals surface area contributed by atoms with E-state index in [1.54, 1.807) is 0 Å². The third kappa shape index (κ3) is 3.28. The lowest BCUT2D eigenvalue weighted by atomic mass is 9.57.